The van der Waals surface area contributed by atoms with Crippen molar-refractivity contribution in [3.05, 3.63) is 78.4 Å². The average Bonchev–Trinajstić information content (AvgIpc) is 3.24. The first-order valence-corrected chi connectivity index (χ1v) is 13.0. The number of nitrogens with one attached hydrogen (secondary N) is 1. The lowest BCUT2D eigenvalue weighted by atomic mass is 10.0. The zero-order chi connectivity index (χ0) is 27.4. The molecule has 1 N–H and O–H groups in total. The van der Waals surface area contributed by atoms with Crippen molar-refractivity contribution < 1.29 is 19.1 Å². The van der Waals surface area contributed by atoms with E-state index in [0.29, 0.717) is 12.8 Å². The Bertz CT molecular complexity index is 1450. The van der Waals surface area contributed by atoms with Crippen LogP contribution < -0.4 is 5.32 Å². The number of hydrogen-bond donors (Lipinski definition) is 1. The van der Waals surface area contributed by atoms with Crippen LogP contribution in [0.15, 0.2) is 72.8 Å². The third-order valence-electron chi connectivity index (χ3n) is 6.81. The smallest absolute Gasteiger partial charge is 0.328 e. The van der Waals surface area contributed by atoms with E-state index in [1.165, 1.54) is 12.0 Å². The molecule has 3 aromatic carbocycles. The highest BCUT2D eigenvalue weighted by atomic mass is 16.5. The van der Waals surface area contributed by atoms with Crippen LogP contribution in [0.4, 0.5) is 0 Å². The molecule has 1 atom stereocenters. The summed E-state index contributed by atoms with van der Waals surface area (Å²) in [6.45, 7) is 7.42. The van der Waals surface area contributed by atoms with Crippen molar-refractivity contribution in [1.29, 1.82) is 0 Å². The van der Waals surface area contributed by atoms with E-state index in [0.717, 1.165) is 33.1 Å². The number of aromatic nitrogens is 1. The minimum absolute atomic E-state index is 0.145. The Hall–Kier alpha value is -4.13. The minimum Gasteiger partial charge on any atom is -0.467 e. The number of para-hydroxylation sites is 2. The van der Waals surface area contributed by atoms with Crippen molar-refractivity contribution in [2.75, 3.05) is 7.11 Å². The van der Waals surface area contributed by atoms with Crippen LogP contribution in [0, 0.1) is 0 Å². The fourth-order valence-electron chi connectivity index (χ4n) is 5.13. The summed E-state index contributed by atoms with van der Waals surface area (Å²) in [6.07, 6.45) is 0.810. The highest BCUT2D eigenvalue weighted by Gasteiger charge is 2.30. The van der Waals surface area contributed by atoms with Crippen molar-refractivity contribution in [2.45, 2.75) is 58.7 Å². The normalized spacial score (nSPS) is 12.2. The summed E-state index contributed by atoms with van der Waals surface area (Å²) in [5.74, 6) is -2.04. The summed E-state index contributed by atoms with van der Waals surface area (Å²) in [7, 11) is 1.28. The second kappa shape index (κ2) is 11.5. The fraction of sp³-hybridized carbons (Fsp3) is 0.323. The molecule has 0 aliphatic rings. The molecule has 0 saturated carbocycles. The number of methoxy groups -OCH3 is 1. The number of aryl methyl sites for hydroxylation is 1. The van der Waals surface area contributed by atoms with Crippen LogP contribution >= 0.6 is 0 Å². The maximum Gasteiger partial charge on any atom is 0.328 e. The molecule has 198 valence electrons. The molecule has 0 fully saturated rings. The zero-order valence-corrected chi connectivity index (χ0v) is 22.6. The van der Waals surface area contributed by atoms with Gasteiger partial charge in [-0.2, -0.15) is 0 Å². The number of fused-ring (bicyclic) bond motifs is 3. The van der Waals surface area contributed by atoms with Gasteiger partial charge in [-0.15, -0.1) is 0 Å². The van der Waals surface area contributed by atoms with Crippen molar-refractivity contribution in [3.8, 4) is 5.69 Å². The number of benzene rings is 3. The first-order chi connectivity index (χ1) is 18.2. The van der Waals surface area contributed by atoms with Gasteiger partial charge in [0.2, 0.25) is 0 Å². The van der Waals surface area contributed by atoms with Gasteiger partial charge >= 0.3 is 17.8 Å². The van der Waals surface area contributed by atoms with Crippen LogP contribution in [-0.2, 0) is 25.5 Å². The molecule has 0 radical (unpaired) electrons. The maximum absolute atomic E-state index is 12.8. The molecule has 0 aliphatic carbocycles. The highest BCUT2D eigenvalue weighted by Crippen LogP contribution is 2.32. The Labute approximate surface area is 223 Å². The van der Waals surface area contributed by atoms with Gasteiger partial charge in [0.05, 0.1) is 18.1 Å². The molecule has 0 bridgehead atoms. The predicted molar refractivity (Wildman–Crippen MR) is 150 cm³/mol. The van der Waals surface area contributed by atoms with E-state index in [-0.39, 0.29) is 12.1 Å². The summed E-state index contributed by atoms with van der Waals surface area (Å²) in [6, 6.07) is 23.5. The number of esters is 1. The first kappa shape index (κ1) is 26.9. The van der Waals surface area contributed by atoms with Crippen molar-refractivity contribution >= 4 is 39.6 Å². The molecule has 1 unspecified atom stereocenters. The van der Waals surface area contributed by atoms with E-state index in [2.05, 4.69) is 46.3 Å². The standard InChI is InChI=1S/C31H35N3O4/c1-20(2)33(21(3)4)30(36)29(35)32-26(31(37)38-5)18-16-22-15-17-25-24-13-9-10-14-27(24)34(28(25)19-22)23-11-7-6-8-12-23/h6-15,17,19-21,26H,16,18H2,1-5H3,(H,32,35). The summed E-state index contributed by atoms with van der Waals surface area (Å²) in [5, 5.41) is 4.91. The Morgan fingerprint density at radius 1 is 0.842 bits per heavy atom. The number of hydrogen-bond acceptors (Lipinski definition) is 4. The number of carbonyl (C=O) groups excluding carboxylic acids is 3. The number of rotatable bonds is 8. The molecule has 1 aromatic heterocycles. The van der Waals surface area contributed by atoms with Crippen molar-refractivity contribution in [2.24, 2.45) is 0 Å². The van der Waals surface area contributed by atoms with Crippen molar-refractivity contribution in [1.82, 2.24) is 14.8 Å². The molecule has 0 spiro atoms. The SMILES string of the molecule is COC(=O)C(CCc1ccc2c3ccccc3n(-c3ccccc3)c2c1)NC(=O)C(=O)N(C(C)C)C(C)C. The van der Waals surface area contributed by atoms with Crippen LogP contribution in [-0.4, -0.2) is 52.5 Å². The van der Waals surface area contributed by atoms with E-state index < -0.39 is 23.8 Å². The monoisotopic (exact) mass is 513 g/mol. The molecule has 1 heterocycles. The quantitative estimate of drug-likeness (QED) is 0.265. The lowest BCUT2D eigenvalue weighted by Gasteiger charge is -2.30. The summed E-state index contributed by atoms with van der Waals surface area (Å²) in [4.78, 5) is 39.6. The molecule has 0 aliphatic heterocycles. The molecule has 4 aromatic rings. The fourth-order valence-corrected chi connectivity index (χ4v) is 5.13. The van der Waals surface area contributed by atoms with Crippen LogP contribution in [0.5, 0.6) is 0 Å². The van der Waals surface area contributed by atoms with E-state index in [4.69, 9.17) is 4.74 Å². The number of nitrogens with zero attached hydrogens (tertiary/aromatic N) is 2. The van der Waals surface area contributed by atoms with Crippen LogP contribution in [0.25, 0.3) is 27.5 Å². The number of amides is 2. The molecular weight excluding hydrogens is 478 g/mol. The lowest BCUT2D eigenvalue weighted by molar-refractivity contribution is -0.151. The van der Waals surface area contributed by atoms with Gasteiger partial charge in [0.25, 0.3) is 0 Å². The van der Waals surface area contributed by atoms with Crippen LogP contribution in [0.2, 0.25) is 0 Å². The Balaban J connectivity index is 1.61. The first-order valence-electron chi connectivity index (χ1n) is 13.0. The Morgan fingerprint density at radius 2 is 1.47 bits per heavy atom. The van der Waals surface area contributed by atoms with E-state index in [9.17, 15) is 14.4 Å². The van der Waals surface area contributed by atoms with Crippen LogP contribution in [0.3, 0.4) is 0 Å². The summed E-state index contributed by atoms with van der Waals surface area (Å²) in [5.41, 5.74) is 4.25. The topological polar surface area (TPSA) is 80.6 Å². The maximum atomic E-state index is 12.8. The zero-order valence-electron chi connectivity index (χ0n) is 22.6. The average molecular weight is 514 g/mol. The van der Waals surface area contributed by atoms with Crippen LogP contribution in [0.1, 0.15) is 39.7 Å². The third kappa shape index (κ3) is 5.42. The second-order valence-corrected chi connectivity index (χ2v) is 10.0. The van der Waals surface area contributed by atoms with Crippen molar-refractivity contribution in [3.63, 3.8) is 0 Å². The van der Waals surface area contributed by atoms with Gasteiger partial charge in [0.1, 0.15) is 6.04 Å². The third-order valence-corrected chi connectivity index (χ3v) is 6.81. The van der Waals surface area contributed by atoms with Gasteiger partial charge in [-0.3, -0.25) is 9.59 Å². The number of carbonyl (C=O) groups is 3. The summed E-state index contributed by atoms with van der Waals surface area (Å²) >= 11 is 0. The highest BCUT2D eigenvalue weighted by molar-refractivity contribution is 6.35. The molecule has 7 nitrogen and oxygen atoms in total. The molecular formula is C31H35N3O4. The lowest BCUT2D eigenvalue weighted by Crippen LogP contribution is -2.53. The van der Waals surface area contributed by atoms with E-state index in [1.807, 2.05) is 64.1 Å². The number of ether oxygens (including phenoxy) is 1. The van der Waals surface area contributed by atoms with Gasteiger partial charge in [-0.05, 0) is 70.4 Å². The largest absolute Gasteiger partial charge is 0.467 e. The van der Waals surface area contributed by atoms with Gasteiger partial charge in [0.15, 0.2) is 0 Å². The molecule has 4 rings (SSSR count). The minimum atomic E-state index is -0.937. The van der Waals surface area contributed by atoms with Gasteiger partial charge in [-0.1, -0.05) is 48.5 Å². The predicted octanol–water partition coefficient (Wildman–Crippen LogP) is 5.02. The van der Waals surface area contributed by atoms with Gasteiger partial charge in [0, 0.05) is 28.5 Å². The molecule has 38 heavy (non-hydrogen) atoms. The Kier molecular flexibility index (Phi) is 8.15. The van der Waals surface area contributed by atoms with Gasteiger partial charge in [-0.25, -0.2) is 4.79 Å². The van der Waals surface area contributed by atoms with E-state index >= 15 is 0 Å². The van der Waals surface area contributed by atoms with E-state index in [1.54, 1.807) is 0 Å². The second-order valence-electron chi connectivity index (χ2n) is 10.0. The molecule has 2 amide bonds. The van der Waals surface area contributed by atoms with Gasteiger partial charge < -0.3 is 19.5 Å². The Morgan fingerprint density at radius 3 is 2.13 bits per heavy atom. The molecule has 0 saturated heterocycles. The summed E-state index contributed by atoms with van der Waals surface area (Å²) < 4.78 is 7.18. The molecule has 7 heteroatoms.